The molecule has 0 atom stereocenters. The average molecular weight is 312 g/mol. The predicted octanol–water partition coefficient (Wildman–Crippen LogP) is 1.07. The fourth-order valence-electron chi connectivity index (χ4n) is 2.45. The van der Waals surface area contributed by atoms with Crippen molar-refractivity contribution in [2.24, 2.45) is 0 Å². The van der Waals surface area contributed by atoms with Gasteiger partial charge in [-0.2, -0.15) is 0 Å². The van der Waals surface area contributed by atoms with E-state index in [1.807, 2.05) is 37.1 Å². The summed E-state index contributed by atoms with van der Waals surface area (Å²) in [6, 6.07) is 5.83. The Morgan fingerprint density at radius 2 is 2.13 bits per heavy atom. The predicted molar refractivity (Wildman–Crippen MR) is 88.2 cm³/mol. The van der Waals surface area contributed by atoms with Gasteiger partial charge in [0, 0.05) is 32.4 Å². The Hall–Kier alpha value is -2.70. The number of pyridine rings is 1. The summed E-state index contributed by atoms with van der Waals surface area (Å²) in [6.45, 7) is 4.47. The van der Waals surface area contributed by atoms with E-state index in [0.29, 0.717) is 19.6 Å². The summed E-state index contributed by atoms with van der Waals surface area (Å²) in [5.74, 6) is 1.60. The van der Waals surface area contributed by atoms with Crippen LogP contribution in [0.5, 0.6) is 0 Å². The highest BCUT2D eigenvalue weighted by Gasteiger charge is 2.22. The third-order valence-corrected chi connectivity index (χ3v) is 3.99. The number of aryl methyl sites for hydroxylation is 1. The molecule has 0 unspecified atom stereocenters. The lowest BCUT2D eigenvalue weighted by Gasteiger charge is -2.32. The highest BCUT2D eigenvalue weighted by Crippen LogP contribution is 2.17. The zero-order chi connectivity index (χ0) is 16.2. The van der Waals surface area contributed by atoms with Crippen LogP contribution < -0.4 is 10.2 Å². The van der Waals surface area contributed by atoms with Crippen molar-refractivity contribution >= 4 is 17.5 Å². The molecule has 1 aliphatic rings. The van der Waals surface area contributed by atoms with Gasteiger partial charge < -0.3 is 15.1 Å². The third-order valence-electron chi connectivity index (χ3n) is 3.99. The van der Waals surface area contributed by atoms with Gasteiger partial charge in [-0.3, -0.25) is 9.78 Å². The number of piperazine rings is 1. The first-order valence-electron chi connectivity index (χ1n) is 7.59. The van der Waals surface area contributed by atoms with Gasteiger partial charge in [-0.25, -0.2) is 9.97 Å². The Morgan fingerprint density at radius 3 is 2.91 bits per heavy atom. The van der Waals surface area contributed by atoms with E-state index in [4.69, 9.17) is 0 Å². The standard InChI is InChI=1S/C16H20N6O/c1-12-4-3-5-17-13(12)9-18-14-8-15(20-11-19-14)22-7-6-21(2)16(23)10-22/h3-5,8,11H,6-7,9-10H2,1-2H3,(H,18,19,20). The fourth-order valence-corrected chi connectivity index (χ4v) is 2.45. The second-order valence-electron chi connectivity index (χ2n) is 5.62. The van der Waals surface area contributed by atoms with Crippen molar-refractivity contribution in [2.75, 3.05) is 36.9 Å². The van der Waals surface area contributed by atoms with Crippen molar-refractivity contribution < 1.29 is 4.79 Å². The second kappa shape index (κ2) is 6.60. The summed E-state index contributed by atoms with van der Waals surface area (Å²) in [7, 11) is 1.82. The lowest BCUT2D eigenvalue weighted by Crippen LogP contribution is -2.48. The zero-order valence-corrected chi connectivity index (χ0v) is 13.4. The van der Waals surface area contributed by atoms with Crippen LogP contribution in [-0.4, -0.2) is 52.4 Å². The number of amides is 1. The molecule has 2 aromatic rings. The molecule has 1 N–H and O–H groups in total. The number of hydrogen-bond acceptors (Lipinski definition) is 6. The summed E-state index contributed by atoms with van der Waals surface area (Å²) in [5, 5.41) is 3.27. The first-order valence-corrected chi connectivity index (χ1v) is 7.59. The van der Waals surface area contributed by atoms with Crippen LogP contribution in [0.2, 0.25) is 0 Å². The molecule has 2 aromatic heterocycles. The Kier molecular flexibility index (Phi) is 4.36. The summed E-state index contributed by atoms with van der Waals surface area (Å²) < 4.78 is 0. The minimum absolute atomic E-state index is 0.105. The van der Waals surface area contributed by atoms with E-state index < -0.39 is 0 Å². The normalized spacial score (nSPS) is 15.0. The third kappa shape index (κ3) is 3.56. The van der Waals surface area contributed by atoms with Crippen LogP contribution >= 0.6 is 0 Å². The number of nitrogens with zero attached hydrogens (tertiary/aromatic N) is 5. The van der Waals surface area contributed by atoms with E-state index in [1.54, 1.807) is 11.1 Å². The maximum Gasteiger partial charge on any atom is 0.241 e. The molecule has 0 bridgehead atoms. The van der Waals surface area contributed by atoms with Crippen LogP contribution in [0.1, 0.15) is 11.3 Å². The molecule has 120 valence electrons. The van der Waals surface area contributed by atoms with E-state index in [-0.39, 0.29) is 5.91 Å². The lowest BCUT2D eigenvalue weighted by atomic mass is 10.2. The van der Waals surface area contributed by atoms with Gasteiger partial charge in [0.25, 0.3) is 0 Å². The molecule has 1 fully saturated rings. The fraction of sp³-hybridized carbons (Fsp3) is 0.375. The molecule has 23 heavy (non-hydrogen) atoms. The average Bonchev–Trinajstić information content (AvgIpc) is 2.57. The summed E-state index contributed by atoms with van der Waals surface area (Å²) in [6.07, 6.45) is 3.30. The topological polar surface area (TPSA) is 74.2 Å². The second-order valence-corrected chi connectivity index (χ2v) is 5.62. The smallest absolute Gasteiger partial charge is 0.241 e. The first-order chi connectivity index (χ1) is 11.1. The van der Waals surface area contributed by atoms with Crippen molar-refractivity contribution in [3.05, 3.63) is 42.0 Å². The van der Waals surface area contributed by atoms with Crippen molar-refractivity contribution in [1.82, 2.24) is 19.9 Å². The minimum Gasteiger partial charge on any atom is -0.364 e. The highest BCUT2D eigenvalue weighted by atomic mass is 16.2. The molecular formula is C16H20N6O. The Balaban J connectivity index is 1.68. The van der Waals surface area contributed by atoms with Crippen LogP contribution in [0.4, 0.5) is 11.6 Å². The highest BCUT2D eigenvalue weighted by molar-refractivity contribution is 5.82. The SMILES string of the molecule is Cc1cccnc1CNc1cc(N2CCN(C)C(=O)C2)ncn1. The summed E-state index contributed by atoms with van der Waals surface area (Å²) in [4.78, 5) is 28.4. The van der Waals surface area contributed by atoms with Crippen LogP contribution in [0, 0.1) is 6.92 Å². The van der Waals surface area contributed by atoms with Gasteiger partial charge in [-0.15, -0.1) is 0 Å². The molecule has 0 saturated carbocycles. The van der Waals surface area contributed by atoms with Gasteiger partial charge in [0.1, 0.15) is 18.0 Å². The van der Waals surface area contributed by atoms with Crippen LogP contribution in [-0.2, 0) is 11.3 Å². The number of aromatic nitrogens is 3. The van der Waals surface area contributed by atoms with Crippen molar-refractivity contribution in [3.63, 3.8) is 0 Å². The molecule has 3 rings (SSSR count). The Labute approximate surface area is 135 Å². The zero-order valence-electron chi connectivity index (χ0n) is 13.4. The van der Waals surface area contributed by atoms with Gasteiger partial charge in [0.05, 0.1) is 18.8 Å². The van der Waals surface area contributed by atoms with Crippen LogP contribution in [0.25, 0.3) is 0 Å². The Bertz CT molecular complexity index is 704. The lowest BCUT2D eigenvalue weighted by molar-refractivity contribution is -0.129. The minimum atomic E-state index is 0.105. The van der Waals surface area contributed by atoms with Crippen molar-refractivity contribution in [1.29, 1.82) is 0 Å². The van der Waals surface area contributed by atoms with Crippen LogP contribution in [0.15, 0.2) is 30.7 Å². The van der Waals surface area contributed by atoms with Crippen molar-refractivity contribution in [2.45, 2.75) is 13.5 Å². The molecular weight excluding hydrogens is 292 g/mol. The van der Waals surface area contributed by atoms with E-state index >= 15 is 0 Å². The van der Waals surface area contributed by atoms with Gasteiger partial charge in [-0.05, 0) is 18.6 Å². The number of rotatable bonds is 4. The van der Waals surface area contributed by atoms with Gasteiger partial charge in [-0.1, -0.05) is 6.07 Å². The first kappa shape index (κ1) is 15.2. The molecule has 1 amide bonds. The summed E-state index contributed by atoms with van der Waals surface area (Å²) >= 11 is 0. The quantitative estimate of drug-likeness (QED) is 0.910. The van der Waals surface area contributed by atoms with Gasteiger partial charge in [0.2, 0.25) is 5.91 Å². The van der Waals surface area contributed by atoms with E-state index in [2.05, 4.69) is 20.3 Å². The van der Waals surface area contributed by atoms with Crippen molar-refractivity contribution in [3.8, 4) is 0 Å². The number of anilines is 2. The largest absolute Gasteiger partial charge is 0.364 e. The molecule has 0 spiro atoms. The molecule has 1 aliphatic heterocycles. The molecule has 3 heterocycles. The maximum absolute atomic E-state index is 11.8. The van der Waals surface area contributed by atoms with E-state index in [0.717, 1.165) is 29.4 Å². The molecule has 0 radical (unpaired) electrons. The number of carbonyl (C=O) groups is 1. The Morgan fingerprint density at radius 1 is 1.26 bits per heavy atom. The van der Waals surface area contributed by atoms with E-state index in [1.165, 1.54) is 6.33 Å². The molecule has 7 heteroatoms. The number of nitrogens with one attached hydrogen (secondary N) is 1. The maximum atomic E-state index is 11.8. The molecule has 0 aliphatic carbocycles. The molecule has 1 saturated heterocycles. The molecule has 7 nitrogen and oxygen atoms in total. The summed E-state index contributed by atoms with van der Waals surface area (Å²) in [5.41, 5.74) is 2.13. The molecule has 0 aromatic carbocycles. The monoisotopic (exact) mass is 312 g/mol. The van der Waals surface area contributed by atoms with Gasteiger partial charge >= 0.3 is 0 Å². The van der Waals surface area contributed by atoms with Crippen LogP contribution in [0.3, 0.4) is 0 Å². The number of carbonyl (C=O) groups excluding carboxylic acids is 1. The van der Waals surface area contributed by atoms with E-state index in [9.17, 15) is 4.79 Å². The number of hydrogen-bond donors (Lipinski definition) is 1. The van der Waals surface area contributed by atoms with Gasteiger partial charge in [0.15, 0.2) is 0 Å². The number of likely N-dealkylation sites (N-methyl/N-ethyl adjacent to an activating group) is 1.